The Morgan fingerprint density at radius 2 is 1.50 bits per heavy atom. The van der Waals surface area contributed by atoms with Gasteiger partial charge in [0.2, 0.25) is 17.7 Å². The summed E-state index contributed by atoms with van der Waals surface area (Å²) in [5.41, 5.74) is -0.0290. The molecule has 4 bridgehead atoms. The van der Waals surface area contributed by atoms with Gasteiger partial charge in [-0.05, 0) is 99.7 Å². The van der Waals surface area contributed by atoms with Gasteiger partial charge in [0.25, 0.3) is 0 Å². The largest absolute Gasteiger partial charge is 0.497 e. The molecule has 0 aromatic heterocycles. The van der Waals surface area contributed by atoms with Crippen molar-refractivity contribution in [1.29, 1.82) is 0 Å². The summed E-state index contributed by atoms with van der Waals surface area (Å²) in [7, 11) is 1.59. The van der Waals surface area contributed by atoms with Crippen LogP contribution in [-0.4, -0.2) is 98.7 Å². The molecule has 11 heteroatoms. The van der Waals surface area contributed by atoms with E-state index in [1.807, 2.05) is 29.2 Å². The number of methoxy groups -OCH3 is 1. The van der Waals surface area contributed by atoms with Gasteiger partial charge in [-0.15, -0.1) is 0 Å². The van der Waals surface area contributed by atoms with Gasteiger partial charge >= 0.3 is 0 Å². The smallest absolute Gasteiger partial charge is 0.243 e. The highest BCUT2D eigenvalue weighted by Gasteiger charge is 2.52. The number of amides is 3. The number of nitrogens with zero attached hydrogens (tertiary/aromatic N) is 1. The average molecular weight is 639 g/mol. The predicted octanol–water partition coefficient (Wildman–Crippen LogP) is 2.01. The van der Waals surface area contributed by atoms with E-state index in [1.54, 1.807) is 21.0 Å². The maximum Gasteiger partial charge on any atom is 0.243 e. The Kier molecular flexibility index (Phi) is 9.73. The van der Waals surface area contributed by atoms with E-state index in [0.717, 1.165) is 24.8 Å². The number of hydrogen-bond acceptors (Lipinski definition) is 8. The molecule has 2 aliphatic heterocycles. The molecular formula is C35H50N4O7. The van der Waals surface area contributed by atoms with E-state index in [1.165, 1.54) is 19.3 Å². The third-order valence-electron chi connectivity index (χ3n) is 11.0. The quantitative estimate of drug-likeness (QED) is 0.263. The van der Waals surface area contributed by atoms with Crippen molar-refractivity contribution in [3.63, 3.8) is 0 Å². The first kappa shape index (κ1) is 32.9. The molecule has 11 nitrogen and oxygen atoms in total. The molecule has 1 aromatic carbocycles. The third kappa shape index (κ3) is 7.74. The highest BCUT2D eigenvalue weighted by Crippen LogP contribution is 2.61. The maximum absolute atomic E-state index is 14.2. The molecule has 0 spiro atoms. The van der Waals surface area contributed by atoms with Gasteiger partial charge in [0.15, 0.2) is 5.78 Å². The number of nitrogens with one attached hydrogen (secondary N) is 3. The molecule has 7 rings (SSSR count). The molecule has 1 aromatic rings. The molecule has 3 amide bonds. The molecule has 46 heavy (non-hydrogen) atoms. The van der Waals surface area contributed by atoms with E-state index < -0.39 is 29.6 Å². The zero-order valence-corrected chi connectivity index (χ0v) is 27.5. The predicted molar refractivity (Wildman–Crippen MR) is 170 cm³/mol. The first-order valence-corrected chi connectivity index (χ1v) is 17.0. The van der Waals surface area contributed by atoms with Gasteiger partial charge < -0.3 is 30.2 Å². The van der Waals surface area contributed by atoms with Crippen LogP contribution in [0.1, 0.15) is 64.4 Å². The Balaban J connectivity index is 1.20. The minimum Gasteiger partial charge on any atom is -0.497 e. The fourth-order valence-electron chi connectivity index (χ4n) is 8.95. The SMILES string of the molecule is COc1ccc(C[C@H](NC(=O)[C@H](CC23CC4CC(CC(C4)C2)C3)NC(=O)CN2CCOCC2)C(=O)N[C@@H](C)C(=O)[C@@]2(C)CO2)cc1. The van der Waals surface area contributed by atoms with Crippen molar-refractivity contribution >= 4 is 23.5 Å². The number of rotatable bonds is 14. The molecule has 252 valence electrons. The van der Waals surface area contributed by atoms with Gasteiger partial charge in [-0.3, -0.25) is 24.1 Å². The van der Waals surface area contributed by atoms with Gasteiger partial charge in [0, 0.05) is 19.5 Å². The second-order valence-electron chi connectivity index (χ2n) is 14.9. The van der Waals surface area contributed by atoms with Crippen molar-refractivity contribution in [3.05, 3.63) is 29.8 Å². The number of hydrogen-bond donors (Lipinski definition) is 3. The van der Waals surface area contributed by atoms with Crippen LogP contribution in [0.3, 0.4) is 0 Å². The van der Waals surface area contributed by atoms with Gasteiger partial charge in [-0.1, -0.05) is 12.1 Å². The topological polar surface area (TPSA) is 139 Å². The van der Waals surface area contributed by atoms with Crippen LogP contribution in [0.4, 0.5) is 0 Å². The Morgan fingerprint density at radius 3 is 2.07 bits per heavy atom. The summed E-state index contributed by atoms with van der Waals surface area (Å²) in [5, 5.41) is 8.93. The van der Waals surface area contributed by atoms with Crippen LogP contribution in [0.5, 0.6) is 5.75 Å². The van der Waals surface area contributed by atoms with E-state index in [2.05, 4.69) is 16.0 Å². The van der Waals surface area contributed by atoms with Crippen LogP contribution >= 0.6 is 0 Å². The maximum atomic E-state index is 14.2. The number of morpholine rings is 1. The molecular weight excluding hydrogens is 588 g/mol. The van der Waals surface area contributed by atoms with Crippen LogP contribution in [0.25, 0.3) is 0 Å². The number of Topliss-reactive ketones (excluding diaryl/α,β-unsaturated/α-hetero) is 1. The van der Waals surface area contributed by atoms with Crippen LogP contribution in [0.15, 0.2) is 24.3 Å². The Bertz CT molecular complexity index is 1250. The van der Waals surface area contributed by atoms with E-state index in [0.29, 0.717) is 62.8 Å². The van der Waals surface area contributed by atoms with E-state index in [9.17, 15) is 19.2 Å². The van der Waals surface area contributed by atoms with Crippen LogP contribution in [-0.2, 0) is 35.1 Å². The Labute approximate surface area is 271 Å². The van der Waals surface area contributed by atoms with E-state index >= 15 is 0 Å². The average Bonchev–Trinajstić information content (AvgIpc) is 3.78. The number of benzene rings is 1. The highest BCUT2D eigenvalue weighted by atomic mass is 16.6. The number of ketones is 1. The molecule has 3 N–H and O–H groups in total. The van der Waals surface area contributed by atoms with Crippen molar-refractivity contribution in [2.24, 2.45) is 23.2 Å². The number of ether oxygens (including phenoxy) is 3. The van der Waals surface area contributed by atoms with Crippen molar-refractivity contribution in [2.45, 2.75) is 88.9 Å². The number of carbonyl (C=O) groups is 4. The molecule has 0 unspecified atom stereocenters. The second kappa shape index (κ2) is 13.6. The van der Waals surface area contributed by atoms with E-state index in [4.69, 9.17) is 14.2 Å². The molecule has 6 aliphatic rings. The zero-order valence-electron chi connectivity index (χ0n) is 27.5. The monoisotopic (exact) mass is 638 g/mol. The molecule has 6 fully saturated rings. The number of carbonyl (C=O) groups excluding carboxylic acids is 4. The van der Waals surface area contributed by atoms with Gasteiger partial charge in [-0.25, -0.2) is 0 Å². The van der Waals surface area contributed by atoms with E-state index in [-0.39, 0.29) is 36.0 Å². The minimum absolute atomic E-state index is 0.0252. The molecule has 2 heterocycles. The van der Waals surface area contributed by atoms with Crippen molar-refractivity contribution < 1.29 is 33.4 Å². The third-order valence-corrected chi connectivity index (χ3v) is 11.0. The first-order valence-electron chi connectivity index (χ1n) is 17.0. The lowest BCUT2D eigenvalue weighted by molar-refractivity contribution is -0.136. The fourth-order valence-corrected chi connectivity index (χ4v) is 8.95. The highest BCUT2D eigenvalue weighted by molar-refractivity contribution is 5.98. The summed E-state index contributed by atoms with van der Waals surface area (Å²) in [6.07, 6.45) is 7.91. The number of epoxide rings is 1. The molecule has 4 saturated carbocycles. The molecule has 0 radical (unpaired) electrons. The lowest BCUT2D eigenvalue weighted by Crippen LogP contribution is -2.59. The summed E-state index contributed by atoms with van der Waals surface area (Å²) >= 11 is 0. The van der Waals surface area contributed by atoms with Crippen molar-refractivity contribution in [1.82, 2.24) is 20.9 Å². The summed E-state index contributed by atoms with van der Waals surface area (Å²) in [5.74, 6) is 1.56. The lowest BCUT2D eigenvalue weighted by atomic mass is 9.48. The van der Waals surface area contributed by atoms with Crippen LogP contribution in [0, 0.1) is 23.2 Å². The van der Waals surface area contributed by atoms with Crippen LogP contribution in [0.2, 0.25) is 0 Å². The lowest BCUT2D eigenvalue weighted by Gasteiger charge is -2.57. The summed E-state index contributed by atoms with van der Waals surface area (Å²) in [6, 6.07) is 4.82. The van der Waals surface area contributed by atoms with Gasteiger partial charge in [-0.2, -0.15) is 0 Å². The molecule has 2 saturated heterocycles. The Hall–Kier alpha value is -3.02. The van der Waals surface area contributed by atoms with Crippen LogP contribution < -0.4 is 20.7 Å². The van der Waals surface area contributed by atoms with Gasteiger partial charge in [0.05, 0.1) is 39.5 Å². The summed E-state index contributed by atoms with van der Waals surface area (Å²) in [6.45, 7) is 6.38. The standard InChI is InChI=1S/C35H50N4O7/c1-22(31(41)34(2)21-46-34)36-32(42)28(15-23-4-6-27(44-3)7-5-23)38-33(43)29(37-30(40)20-39-8-10-45-11-9-39)19-35-16-24-12-25(17-35)14-26(13-24)18-35/h4-7,22,24-26,28-29H,8-21H2,1-3H3,(H,36,42)(H,37,40)(H,38,43)/t22-,24?,25?,26?,28-,29-,34+,35?/m0/s1. The summed E-state index contributed by atoms with van der Waals surface area (Å²) < 4.78 is 16.0. The van der Waals surface area contributed by atoms with Gasteiger partial charge in [0.1, 0.15) is 23.4 Å². The summed E-state index contributed by atoms with van der Waals surface area (Å²) in [4.78, 5) is 56.3. The minimum atomic E-state index is -0.959. The fraction of sp³-hybridized carbons (Fsp3) is 0.714. The molecule has 4 atom stereocenters. The molecule has 4 aliphatic carbocycles. The first-order chi connectivity index (χ1) is 22.0. The second-order valence-corrected chi connectivity index (χ2v) is 14.9. The van der Waals surface area contributed by atoms with Crippen molar-refractivity contribution in [3.8, 4) is 5.75 Å². The zero-order chi connectivity index (χ0) is 32.5. The Morgan fingerprint density at radius 1 is 0.913 bits per heavy atom. The normalized spacial score (nSPS) is 31.8. The van der Waals surface area contributed by atoms with Crippen molar-refractivity contribution in [2.75, 3.05) is 46.6 Å².